The van der Waals surface area contributed by atoms with E-state index in [1.165, 1.54) is 11.8 Å². The first-order chi connectivity index (χ1) is 10.9. The molecule has 0 N–H and O–H groups in total. The van der Waals surface area contributed by atoms with Crippen molar-refractivity contribution in [2.24, 2.45) is 5.92 Å². The molecule has 1 heterocycles. The maximum absolute atomic E-state index is 12.5. The Balaban J connectivity index is 1.94. The third-order valence-corrected chi connectivity index (χ3v) is 5.37. The van der Waals surface area contributed by atoms with E-state index in [-0.39, 0.29) is 23.8 Å². The molecule has 0 aliphatic carbocycles. The summed E-state index contributed by atoms with van der Waals surface area (Å²) in [6, 6.07) is 7.31. The lowest BCUT2D eigenvalue weighted by atomic mass is 9.99. The number of nitrogens with zero attached hydrogens (tertiary/aromatic N) is 2. The van der Waals surface area contributed by atoms with E-state index in [9.17, 15) is 9.59 Å². The van der Waals surface area contributed by atoms with Crippen LogP contribution in [-0.2, 0) is 15.3 Å². The second-order valence-electron chi connectivity index (χ2n) is 6.12. The maximum atomic E-state index is 12.5. The molecule has 1 atom stereocenters. The van der Waals surface area contributed by atoms with Gasteiger partial charge < -0.3 is 9.80 Å². The molecule has 0 spiro atoms. The topological polar surface area (TPSA) is 40.6 Å². The number of benzene rings is 1. The average molecular weight is 355 g/mol. The van der Waals surface area contributed by atoms with Crippen molar-refractivity contribution in [2.75, 3.05) is 25.9 Å². The van der Waals surface area contributed by atoms with Crippen LogP contribution in [0, 0.1) is 5.92 Å². The third kappa shape index (κ3) is 4.42. The van der Waals surface area contributed by atoms with E-state index in [2.05, 4.69) is 0 Å². The van der Waals surface area contributed by atoms with Gasteiger partial charge >= 0.3 is 0 Å². The number of carbonyl (C=O) groups is 2. The van der Waals surface area contributed by atoms with E-state index in [0.717, 1.165) is 10.6 Å². The van der Waals surface area contributed by atoms with E-state index >= 15 is 0 Å². The molecule has 2 rings (SSSR count). The second-order valence-corrected chi connectivity index (χ2v) is 7.51. The van der Waals surface area contributed by atoms with Crippen LogP contribution in [0.15, 0.2) is 24.3 Å². The highest BCUT2D eigenvalue weighted by Crippen LogP contribution is 2.23. The summed E-state index contributed by atoms with van der Waals surface area (Å²) in [6.07, 6.45) is 0. The normalized spacial score (nSPS) is 18.7. The molecule has 0 aromatic heterocycles. The van der Waals surface area contributed by atoms with E-state index in [1.807, 2.05) is 38.1 Å². The van der Waals surface area contributed by atoms with Gasteiger partial charge in [-0.05, 0) is 17.5 Å². The van der Waals surface area contributed by atoms with Crippen molar-refractivity contribution in [1.29, 1.82) is 0 Å². The van der Waals surface area contributed by atoms with E-state index in [4.69, 9.17) is 11.6 Å². The minimum absolute atomic E-state index is 0.0298. The lowest BCUT2D eigenvalue weighted by Crippen LogP contribution is -2.59. The molecule has 0 radical (unpaired) electrons. The molecule has 1 aliphatic rings. The molecular weight excluding hydrogens is 332 g/mol. The number of carbonyl (C=O) groups excluding carboxylic acids is 2. The predicted octanol–water partition coefficient (Wildman–Crippen LogP) is 2.90. The number of piperazine rings is 1. The SMILES string of the molecule is CC(C)C1C(=O)N(C)CCN1C(=O)CSCc1ccccc1Cl. The first kappa shape index (κ1) is 18.1. The van der Waals surface area contributed by atoms with Gasteiger partial charge in [-0.1, -0.05) is 43.6 Å². The third-order valence-electron chi connectivity index (χ3n) is 4.03. The second kappa shape index (κ2) is 8.06. The number of hydrogen-bond donors (Lipinski definition) is 0. The van der Waals surface area contributed by atoms with Crippen molar-refractivity contribution < 1.29 is 9.59 Å². The van der Waals surface area contributed by atoms with Crippen LogP contribution in [0.4, 0.5) is 0 Å². The van der Waals surface area contributed by atoms with Gasteiger partial charge in [-0.15, -0.1) is 11.8 Å². The van der Waals surface area contributed by atoms with E-state index < -0.39 is 0 Å². The Kier molecular flexibility index (Phi) is 6.36. The predicted molar refractivity (Wildman–Crippen MR) is 95.6 cm³/mol. The fraction of sp³-hybridized carbons (Fsp3) is 0.529. The standard InChI is InChI=1S/C17H23ClN2O2S/c1-12(2)16-17(22)19(3)8-9-20(16)15(21)11-23-10-13-6-4-5-7-14(13)18/h4-7,12,16H,8-11H2,1-3H3. The molecule has 1 aromatic carbocycles. The number of likely N-dealkylation sites (N-methyl/N-ethyl adjacent to an activating group) is 1. The quantitative estimate of drug-likeness (QED) is 0.816. The first-order valence-corrected chi connectivity index (χ1v) is 9.30. The highest BCUT2D eigenvalue weighted by molar-refractivity contribution is 7.99. The summed E-state index contributed by atoms with van der Waals surface area (Å²) in [6.45, 7) is 5.18. The Morgan fingerprint density at radius 1 is 1.35 bits per heavy atom. The van der Waals surface area contributed by atoms with E-state index in [1.54, 1.807) is 16.8 Å². The number of amides is 2. The van der Waals surface area contributed by atoms with Gasteiger partial charge in [-0.25, -0.2) is 0 Å². The zero-order chi connectivity index (χ0) is 17.0. The first-order valence-electron chi connectivity index (χ1n) is 7.77. The zero-order valence-corrected chi connectivity index (χ0v) is 15.4. The Hall–Kier alpha value is -1.20. The van der Waals surface area contributed by atoms with E-state index in [0.29, 0.717) is 24.6 Å². The van der Waals surface area contributed by atoms with Crippen molar-refractivity contribution in [3.63, 3.8) is 0 Å². The van der Waals surface area contributed by atoms with Crippen molar-refractivity contribution in [3.05, 3.63) is 34.9 Å². The number of hydrogen-bond acceptors (Lipinski definition) is 3. The van der Waals surface area contributed by atoms with Crippen LogP contribution in [0.3, 0.4) is 0 Å². The fourth-order valence-corrected chi connectivity index (χ4v) is 3.93. The molecule has 23 heavy (non-hydrogen) atoms. The average Bonchev–Trinajstić information content (AvgIpc) is 2.51. The highest BCUT2D eigenvalue weighted by atomic mass is 35.5. The zero-order valence-electron chi connectivity index (χ0n) is 13.8. The summed E-state index contributed by atoms with van der Waals surface area (Å²) >= 11 is 7.67. The maximum Gasteiger partial charge on any atom is 0.245 e. The lowest BCUT2D eigenvalue weighted by Gasteiger charge is -2.41. The van der Waals surface area contributed by atoms with Crippen molar-refractivity contribution >= 4 is 35.2 Å². The lowest BCUT2D eigenvalue weighted by molar-refractivity contribution is -0.151. The molecule has 126 valence electrons. The largest absolute Gasteiger partial charge is 0.342 e. The number of halogens is 1. The van der Waals surface area contributed by atoms with Gasteiger partial charge in [-0.2, -0.15) is 0 Å². The van der Waals surface area contributed by atoms with Gasteiger partial charge in [0, 0.05) is 30.9 Å². The molecule has 1 aromatic rings. The molecule has 1 aliphatic heterocycles. The minimum Gasteiger partial charge on any atom is -0.342 e. The smallest absolute Gasteiger partial charge is 0.245 e. The molecule has 1 unspecified atom stereocenters. The molecular formula is C17H23ClN2O2S. The van der Waals surface area contributed by atoms with Crippen LogP contribution >= 0.6 is 23.4 Å². The van der Waals surface area contributed by atoms with Crippen LogP contribution in [-0.4, -0.2) is 53.5 Å². The summed E-state index contributed by atoms with van der Waals surface area (Å²) in [5, 5.41) is 0.724. The fourth-order valence-electron chi connectivity index (χ4n) is 2.74. The van der Waals surface area contributed by atoms with Gasteiger partial charge in [0.05, 0.1) is 5.75 Å². The Labute approximate surface area is 147 Å². The summed E-state index contributed by atoms with van der Waals surface area (Å²) < 4.78 is 0. The Bertz CT molecular complexity index is 579. The monoisotopic (exact) mass is 354 g/mol. The van der Waals surface area contributed by atoms with Crippen LogP contribution in [0.1, 0.15) is 19.4 Å². The van der Waals surface area contributed by atoms with Gasteiger partial charge in [-0.3, -0.25) is 9.59 Å². The summed E-state index contributed by atoms with van der Waals surface area (Å²) in [7, 11) is 1.80. The summed E-state index contributed by atoms with van der Waals surface area (Å²) in [4.78, 5) is 28.3. The van der Waals surface area contributed by atoms with Gasteiger partial charge in [0.25, 0.3) is 0 Å². The van der Waals surface area contributed by atoms with Crippen LogP contribution in [0.25, 0.3) is 0 Å². The molecule has 1 fully saturated rings. The van der Waals surface area contributed by atoms with Gasteiger partial charge in [0.15, 0.2) is 0 Å². The van der Waals surface area contributed by atoms with Crippen LogP contribution in [0.5, 0.6) is 0 Å². The summed E-state index contributed by atoms with van der Waals surface area (Å²) in [5.41, 5.74) is 1.03. The van der Waals surface area contributed by atoms with Crippen molar-refractivity contribution in [1.82, 2.24) is 9.80 Å². The van der Waals surface area contributed by atoms with Crippen LogP contribution in [0.2, 0.25) is 5.02 Å². The van der Waals surface area contributed by atoms with Crippen molar-refractivity contribution in [3.8, 4) is 0 Å². The molecule has 0 saturated carbocycles. The Morgan fingerprint density at radius 2 is 2.04 bits per heavy atom. The van der Waals surface area contributed by atoms with Gasteiger partial charge in [0.2, 0.25) is 11.8 Å². The van der Waals surface area contributed by atoms with Gasteiger partial charge in [0.1, 0.15) is 6.04 Å². The molecule has 2 amide bonds. The highest BCUT2D eigenvalue weighted by Gasteiger charge is 2.37. The molecule has 4 nitrogen and oxygen atoms in total. The molecule has 6 heteroatoms. The van der Waals surface area contributed by atoms with Crippen molar-refractivity contribution in [2.45, 2.75) is 25.6 Å². The molecule has 1 saturated heterocycles. The summed E-state index contributed by atoms with van der Waals surface area (Å²) in [5.74, 6) is 1.24. The number of rotatable bonds is 5. The van der Waals surface area contributed by atoms with Crippen LogP contribution < -0.4 is 0 Å². The minimum atomic E-state index is -0.345. The molecule has 0 bridgehead atoms. The number of thioether (sulfide) groups is 1. The Morgan fingerprint density at radius 3 is 2.70 bits per heavy atom.